The van der Waals surface area contributed by atoms with E-state index in [1.54, 1.807) is 12.3 Å². The second-order valence-corrected chi connectivity index (χ2v) is 18.1. The van der Waals surface area contributed by atoms with Gasteiger partial charge in [-0.25, -0.2) is 0 Å². The maximum Gasteiger partial charge on any atom is 0.263 e. The monoisotopic (exact) mass is 828 g/mol. The first kappa shape index (κ1) is 48.9. The lowest BCUT2D eigenvalue weighted by molar-refractivity contribution is -0.669. The Kier molecular flexibility index (Phi) is 24.8. The number of thioether (sulfide) groups is 1. The summed E-state index contributed by atoms with van der Waals surface area (Å²) in [5, 5.41) is 5.56. The predicted molar refractivity (Wildman–Crippen MR) is 265 cm³/mol. The fraction of sp³-hybridized carbons (Fsp3) is 0.558. The van der Waals surface area contributed by atoms with Gasteiger partial charge in [-0.15, -0.1) is 11.8 Å². The van der Waals surface area contributed by atoms with Gasteiger partial charge in [-0.3, -0.25) is 0 Å². The van der Waals surface area contributed by atoms with Gasteiger partial charge in [0.25, 0.3) is 5.01 Å². The second-order valence-electron chi connectivity index (χ2n) is 16.0. The van der Waals surface area contributed by atoms with Crippen LogP contribution >= 0.6 is 35.7 Å². The molecule has 5 rings (SSSR count). The van der Waals surface area contributed by atoms with Crippen LogP contribution in [0.1, 0.15) is 155 Å². The van der Waals surface area contributed by atoms with E-state index in [0.29, 0.717) is 5.92 Å². The number of aryl methyl sites for hydroxylation is 1. The maximum atomic E-state index is 4.65. The summed E-state index contributed by atoms with van der Waals surface area (Å²) in [5.41, 5.74) is 6.88. The Balaban J connectivity index is 0.000000873. The molecule has 314 valence electrons. The molecule has 57 heavy (non-hydrogen) atoms. The molecule has 1 saturated heterocycles. The van der Waals surface area contributed by atoms with Crippen molar-refractivity contribution in [2.75, 3.05) is 25.1 Å². The van der Waals surface area contributed by atoms with E-state index in [2.05, 4.69) is 124 Å². The van der Waals surface area contributed by atoms with Crippen molar-refractivity contribution < 1.29 is 4.57 Å². The Morgan fingerprint density at radius 2 is 1.40 bits per heavy atom. The molecule has 0 spiro atoms. The molecule has 5 heteroatoms. The summed E-state index contributed by atoms with van der Waals surface area (Å²) < 4.78 is 4.04. The van der Waals surface area contributed by atoms with Gasteiger partial charge in [-0.1, -0.05) is 191 Å². The van der Waals surface area contributed by atoms with Gasteiger partial charge in [-0.2, -0.15) is 17.2 Å². The molecule has 1 fully saturated rings. The number of fused-ring (bicyclic) bond motifs is 3. The Morgan fingerprint density at radius 1 is 0.789 bits per heavy atom. The van der Waals surface area contributed by atoms with Crippen molar-refractivity contribution in [3.63, 3.8) is 0 Å². The number of aromatic nitrogens is 1. The zero-order chi connectivity index (χ0) is 41.3. The van der Waals surface area contributed by atoms with Crippen molar-refractivity contribution >= 4 is 62.8 Å². The van der Waals surface area contributed by atoms with Crippen molar-refractivity contribution in [1.82, 2.24) is 4.90 Å². The quantitative estimate of drug-likeness (QED) is 0.0416. The summed E-state index contributed by atoms with van der Waals surface area (Å²) in [7, 11) is 0. The molecular formula is C52H79N2S3+. The summed E-state index contributed by atoms with van der Waals surface area (Å²) in [6, 6.07) is 13.6. The number of hydrogen-bond acceptors (Lipinski definition) is 4. The number of rotatable bonds is 24. The topological polar surface area (TPSA) is 7.12 Å². The molecule has 2 aromatic carbocycles. The lowest BCUT2D eigenvalue weighted by atomic mass is 9.77. The predicted octanol–water partition coefficient (Wildman–Crippen LogP) is 16.5. The molecule has 0 amide bonds. The van der Waals surface area contributed by atoms with Crippen LogP contribution < -0.4 is 4.57 Å². The van der Waals surface area contributed by atoms with E-state index in [4.69, 9.17) is 0 Å². The molecule has 2 nitrogen and oxygen atoms in total. The minimum atomic E-state index is 0.651. The molecule has 2 aliphatic rings. The highest BCUT2D eigenvalue weighted by molar-refractivity contribution is 8.03. The lowest BCUT2D eigenvalue weighted by Crippen LogP contribution is -2.35. The smallest absolute Gasteiger partial charge is 0.263 e. The molecule has 0 N–H and O–H groups in total. The zero-order valence-corrected chi connectivity index (χ0v) is 39.6. The van der Waals surface area contributed by atoms with Gasteiger partial charge in [0.2, 0.25) is 5.52 Å². The van der Waals surface area contributed by atoms with Crippen molar-refractivity contribution in [1.29, 1.82) is 0 Å². The van der Waals surface area contributed by atoms with E-state index in [0.717, 1.165) is 13.0 Å². The summed E-state index contributed by atoms with van der Waals surface area (Å²) in [5.74, 6) is 1.86. The highest BCUT2D eigenvalue weighted by Gasteiger charge is 2.30. The van der Waals surface area contributed by atoms with Gasteiger partial charge in [0, 0.05) is 42.8 Å². The first-order chi connectivity index (χ1) is 27.9. The van der Waals surface area contributed by atoms with Crippen LogP contribution in [0.2, 0.25) is 0 Å². The summed E-state index contributed by atoms with van der Waals surface area (Å²) in [6.07, 6.45) is 36.9. The van der Waals surface area contributed by atoms with Gasteiger partial charge in [0.05, 0.1) is 5.03 Å². The van der Waals surface area contributed by atoms with E-state index < -0.39 is 0 Å². The van der Waals surface area contributed by atoms with Crippen LogP contribution in [0.25, 0.3) is 27.1 Å². The molecule has 3 aromatic rings. The molecule has 1 aliphatic heterocycles. The fourth-order valence-electron chi connectivity index (χ4n) is 7.87. The number of hydrogen-bond donors (Lipinski definition) is 1. The first-order valence-corrected chi connectivity index (χ1v) is 25.4. The molecular weight excluding hydrogens is 749 g/mol. The Bertz CT molecular complexity index is 1750. The van der Waals surface area contributed by atoms with Crippen LogP contribution in [0.5, 0.6) is 0 Å². The molecule has 1 aliphatic carbocycles. The number of allylic oxidation sites excluding steroid dienone is 8. The number of thiol groups is 1. The Morgan fingerprint density at radius 3 is 2.00 bits per heavy atom. The first-order valence-electron chi connectivity index (χ1n) is 22.8. The van der Waals surface area contributed by atoms with E-state index in [1.165, 1.54) is 181 Å². The van der Waals surface area contributed by atoms with E-state index in [9.17, 15) is 0 Å². The summed E-state index contributed by atoms with van der Waals surface area (Å²) in [6.45, 7) is 22.9. The van der Waals surface area contributed by atoms with E-state index in [-0.39, 0.29) is 0 Å². The van der Waals surface area contributed by atoms with Crippen LogP contribution in [-0.4, -0.2) is 30.0 Å². The van der Waals surface area contributed by atoms with Crippen LogP contribution in [0.4, 0.5) is 0 Å². The fourth-order valence-corrected chi connectivity index (χ4v) is 10.2. The number of unbranched alkanes of at least 4 members (excludes halogenated alkanes) is 15. The average Bonchev–Trinajstić information content (AvgIpc) is 3.84. The molecule has 2 heterocycles. The highest BCUT2D eigenvalue weighted by atomic mass is 32.2. The maximum absolute atomic E-state index is 4.65. The summed E-state index contributed by atoms with van der Waals surface area (Å²) >= 11 is 7.54. The van der Waals surface area contributed by atoms with Crippen molar-refractivity contribution in [2.24, 2.45) is 5.92 Å². The third kappa shape index (κ3) is 15.9. The van der Waals surface area contributed by atoms with Gasteiger partial charge in [-0.05, 0) is 71.3 Å². The van der Waals surface area contributed by atoms with Gasteiger partial charge < -0.3 is 4.90 Å². The Labute approximate surface area is 364 Å². The largest absolute Gasteiger partial charge is 0.366 e. The van der Waals surface area contributed by atoms with E-state index in [1.807, 2.05) is 29.2 Å². The van der Waals surface area contributed by atoms with Crippen LogP contribution in [0.15, 0.2) is 101 Å². The van der Waals surface area contributed by atoms with Crippen molar-refractivity contribution in [2.45, 2.75) is 157 Å². The zero-order valence-electron chi connectivity index (χ0n) is 37.1. The lowest BCUT2D eigenvalue weighted by Gasteiger charge is -2.29. The molecule has 0 saturated carbocycles. The molecule has 1 aromatic heterocycles. The standard InChI is InChI=1S/C44H63N2S2.C7H12.CH4S/c1-5-8-10-12-14-16-18-20-24-30-46-41-28-27-36-25-21-22-26-38(36)44(41)48-43(46)34-40-35(4)39(37(40)7-3)33-42-45(31-32-47-42)29-23-19-17-15-13-11-9-6-2;1-4-5-6-7(2)3;1-2/h21-22,25-28,33-34H,4-20,23-24,29-32H2,1-3H3;4-7H,1H2,2-3H3;2H,1H3/q+1;;/b;6-5-;. The SMILES string of the molecule is C=C/C=C\C(C)C.C=C1C(/C=C2/SCCN2CCCCCCCCCC)=C(CC)C/1=C\c1sc2c3ccccc3ccc2[n+]1CCCCCCCCCCC.CS. The molecule has 0 unspecified atom stereocenters. The number of benzene rings is 2. The normalized spacial score (nSPS) is 15.6. The molecule has 0 bridgehead atoms. The summed E-state index contributed by atoms with van der Waals surface area (Å²) in [4.78, 5) is 2.65. The Hall–Kier alpha value is -2.47. The van der Waals surface area contributed by atoms with Crippen LogP contribution in [-0.2, 0) is 6.54 Å². The van der Waals surface area contributed by atoms with Crippen LogP contribution in [0.3, 0.4) is 0 Å². The minimum Gasteiger partial charge on any atom is -0.366 e. The van der Waals surface area contributed by atoms with Gasteiger partial charge >= 0.3 is 0 Å². The van der Waals surface area contributed by atoms with Crippen molar-refractivity contribution in [3.8, 4) is 0 Å². The van der Waals surface area contributed by atoms with Crippen molar-refractivity contribution in [3.05, 3.63) is 106 Å². The average molecular weight is 828 g/mol. The third-order valence-corrected chi connectivity index (χ3v) is 13.4. The minimum absolute atomic E-state index is 0.651. The van der Waals surface area contributed by atoms with Gasteiger partial charge in [0.1, 0.15) is 4.70 Å². The van der Waals surface area contributed by atoms with Gasteiger partial charge in [0.15, 0.2) is 6.54 Å². The molecule has 0 radical (unpaired) electrons. The second kappa shape index (κ2) is 28.9. The third-order valence-electron chi connectivity index (χ3n) is 11.1. The number of nitrogens with zero attached hydrogens (tertiary/aromatic N) is 2. The molecule has 0 atom stereocenters. The number of thiazole rings is 1. The highest BCUT2D eigenvalue weighted by Crippen LogP contribution is 2.45. The van der Waals surface area contributed by atoms with Crippen LogP contribution in [0, 0.1) is 5.92 Å². The van der Waals surface area contributed by atoms with E-state index >= 15 is 0 Å².